The highest BCUT2D eigenvalue weighted by Crippen LogP contribution is 2.28. The summed E-state index contributed by atoms with van der Waals surface area (Å²) in [6.45, 7) is 1.31. The number of aromatic carboxylic acids is 1. The lowest BCUT2D eigenvalue weighted by Crippen LogP contribution is -2.11. The molecule has 82 valence electrons. The Kier molecular flexibility index (Phi) is 3.25. The minimum absolute atomic E-state index is 0.0360. The first-order chi connectivity index (χ1) is 6.91. The lowest BCUT2D eigenvalue weighted by molar-refractivity contribution is -0.114. The van der Waals surface area contributed by atoms with E-state index in [1.165, 1.54) is 6.92 Å². The number of hydrogen-bond acceptors (Lipinski definition) is 5. The topological polar surface area (TPSA) is 82.5 Å². The first-order valence-corrected chi connectivity index (χ1v) is 4.92. The Hall–Kier alpha value is -1.63. The third-order valence-corrected chi connectivity index (χ3v) is 2.70. The summed E-state index contributed by atoms with van der Waals surface area (Å²) < 4.78 is 0. The Morgan fingerprint density at radius 2 is 2.07 bits per heavy atom. The van der Waals surface area contributed by atoms with Gasteiger partial charge in [0.2, 0.25) is 5.91 Å². The first kappa shape index (κ1) is 11.4. The van der Waals surface area contributed by atoms with Crippen LogP contribution in [0.1, 0.15) is 16.6 Å². The molecule has 0 spiro atoms. The van der Waals surface area contributed by atoms with Crippen molar-refractivity contribution >= 4 is 34.2 Å². The summed E-state index contributed by atoms with van der Waals surface area (Å²) >= 11 is 1.02. The minimum atomic E-state index is -1.09. The molecule has 1 rings (SSSR count). The van der Waals surface area contributed by atoms with E-state index < -0.39 is 5.97 Å². The van der Waals surface area contributed by atoms with E-state index in [0.29, 0.717) is 5.13 Å². The SMILES string of the molecule is CC(=O)Nc1nc(N(C)C)sc1C(=O)O. The predicted molar refractivity (Wildman–Crippen MR) is 57.7 cm³/mol. The number of thiazole rings is 1. The van der Waals surface area contributed by atoms with E-state index >= 15 is 0 Å². The molecular formula is C8H11N3O3S. The molecule has 0 aliphatic carbocycles. The molecule has 1 aromatic rings. The molecule has 0 fully saturated rings. The van der Waals surface area contributed by atoms with Gasteiger partial charge < -0.3 is 15.3 Å². The van der Waals surface area contributed by atoms with Gasteiger partial charge >= 0.3 is 5.97 Å². The van der Waals surface area contributed by atoms with Crippen LogP contribution in [-0.2, 0) is 4.79 Å². The highest BCUT2D eigenvalue weighted by atomic mass is 32.1. The van der Waals surface area contributed by atoms with Crippen LogP contribution in [0, 0.1) is 0 Å². The smallest absolute Gasteiger partial charge is 0.349 e. The van der Waals surface area contributed by atoms with Gasteiger partial charge in [-0.1, -0.05) is 11.3 Å². The molecule has 15 heavy (non-hydrogen) atoms. The minimum Gasteiger partial charge on any atom is -0.477 e. The second-order valence-corrected chi connectivity index (χ2v) is 4.03. The van der Waals surface area contributed by atoms with Gasteiger partial charge in [-0.25, -0.2) is 9.78 Å². The molecule has 7 heteroatoms. The zero-order chi connectivity index (χ0) is 11.6. The molecule has 0 atom stereocenters. The zero-order valence-electron chi connectivity index (χ0n) is 8.57. The molecule has 0 unspecified atom stereocenters. The third kappa shape index (κ3) is 2.66. The average Bonchev–Trinajstić information content (AvgIpc) is 2.46. The molecular weight excluding hydrogens is 218 g/mol. The van der Waals surface area contributed by atoms with E-state index in [0.717, 1.165) is 11.3 Å². The van der Waals surface area contributed by atoms with Gasteiger partial charge in [0.15, 0.2) is 15.8 Å². The standard InChI is InChI=1S/C8H11N3O3S/c1-4(12)9-6-5(7(13)14)15-8(10-6)11(2)3/h1-3H3,(H,9,12)(H,13,14). The van der Waals surface area contributed by atoms with Gasteiger partial charge in [-0.15, -0.1) is 0 Å². The van der Waals surface area contributed by atoms with E-state index in [-0.39, 0.29) is 16.6 Å². The fourth-order valence-electron chi connectivity index (χ4n) is 0.897. The van der Waals surface area contributed by atoms with Crippen LogP contribution in [0.3, 0.4) is 0 Å². The van der Waals surface area contributed by atoms with Crippen molar-refractivity contribution in [3.63, 3.8) is 0 Å². The van der Waals surface area contributed by atoms with E-state index in [4.69, 9.17) is 5.11 Å². The van der Waals surface area contributed by atoms with Crippen LogP contribution >= 0.6 is 11.3 Å². The van der Waals surface area contributed by atoms with Gasteiger partial charge in [-0.3, -0.25) is 4.79 Å². The van der Waals surface area contributed by atoms with Crippen LogP contribution in [0.15, 0.2) is 0 Å². The molecule has 1 amide bonds. The number of carbonyl (C=O) groups excluding carboxylic acids is 1. The number of carboxylic acid groups (broad SMARTS) is 1. The number of nitrogens with zero attached hydrogens (tertiary/aromatic N) is 2. The van der Waals surface area contributed by atoms with Crippen LogP contribution in [0.2, 0.25) is 0 Å². The Morgan fingerprint density at radius 3 is 2.47 bits per heavy atom. The summed E-state index contributed by atoms with van der Waals surface area (Å²) in [6.07, 6.45) is 0. The molecule has 0 aromatic carbocycles. The van der Waals surface area contributed by atoms with Crippen molar-refractivity contribution in [1.29, 1.82) is 0 Å². The highest BCUT2D eigenvalue weighted by molar-refractivity contribution is 7.18. The van der Waals surface area contributed by atoms with Crippen LogP contribution in [0.4, 0.5) is 10.9 Å². The van der Waals surface area contributed by atoms with Crippen molar-refractivity contribution in [1.82, 2.24) is 4.98 Å². The van der Waals surface area contributed by atoms with Crippen molar-refractivity contribution in [2.75, 3.05) is 24.3 Å². The molecule has 0 aliphatic rings. The molecule has 0 bridgehead atoms. The monoisotopic (exact) mass is 229 g/mol. The Bertz CT molecular complexity index is 400. The third-order valence-electron chi connectivity index (χ3n) is 1.49. The molecule has 2 N–H and O–H groups in total. The van der Waals surface area contributed by atoms with Gasteiger partial charge in [0.05, 0.1) is 0 Å². The average molecular weight is 229 g/mol. The molecule has 1 heterocycles. The van der Waals surface area contributed by atoms with E-state index in [2.05, 4.69) is 10.3 Å². The predicted octanol–water partition coefficient (Wildman–Crippen LogP) is 0.866. The normalized spacial score (nSPS) is 9.80. The zero-order valence-corrected chi connectivity index (χ0v) is 9.38. The number of nitrogens with one attached hydrogen (secondary N) is 1. The number of aromatic nitrogens is 1. The summed E-state index contributed by atoms with van der Waals surface area (Å²) in [5.41, 5.74) is 0. The molecule has 1 aromatic heterocycles. The summed E-state index contributed by atoms with van der Waals surface area (Å²) in [5.74, 6) is -1.33. The van der Waals surface area contributed by atoms with Gasteiger partial charge in [0, 0.05) is 21.0 Å². The highest BCUT2D eigenvalue weighted by Gasteiger charge is 2.18. The quantitative estimate of drug-likeness (QED) is 0.803. The van der Waals surface area contributed by atoms with E-state index in [1.807, 2.05) is 0 Å². The summed E-state index contributed by atoms with van der Waals surface area (Å²) in [6, 6.07) is 0. The number of carbonyl (C=O) groups is 2. The van der Waals surface area contributed by atoms with Crippen molar-refractivity contribution in [3.05, 3.63) is 4.88 Å². The van der Waals surface area contributed by atoms with Gasteiger partial charge in [0.25, 0.3) is 0 Å². The lowest BCUT2D eigenvalue weighted by atomic mass is 10.5. The van der Waals surface area contributed by atoms with Crippen LogP contribution in [0.5, 0.6) is 0 Å². The van der Waals surface area contributed by atoms with Crippen LogP contribution < -0.4 is 10.2 Å². The maximum atomic E-state index is 10.8. The van der Waals surface area contributed by atoms with Crippen molar-refractivity contribution < 1.29 is 14.7 Å². The number of carboxylic acids is 1. The Morgan fingerprint density at radius 1 is 1.47 bits per heavy atom. The Balaban J connectivity index is 3.11. The fourth-order valence-corrected chi connectivity index (χ4v) is 1.68. The fraction of sp³-hybridized carbons (Fsp3) is 0.375. The largest absolute Gasteiger partial charge is 0.477 e. The number of rotatable bonds is 3. The number of hydrogen-bond donors (Lipinski definition) is 2. The maximum Gasteiger partial charge on any atom is 0.349 e. The van der Waals surface area contributed by atoms with Crippen molar-refractivity contribution in [3.8, 4) is 0 Å². The van der Waals surface area contributed by atoms with Gasteiger partial charge in [0.1, 0.15) is 0 Å². The van der Waals surface area contributed by atoms with Crippen LogP contribution in [0.25, 0.3) is 0 Å². The lowest BCUT2D eigenvalue weighted by Gasteiger charge is -2.05. The summed E-state index contributed by atoms with van der Waals surface area (Å²) in [5, 5.41) is 11.8. The van der Waals surface area contributed by atoms with Gasteiger partial charge in [-0.05, 0) is 0 Å². The molecule has 0 radical (unpaired) electrons. The van der Waals surface area contributed by atoms with Gasteiger partial charge in [-0.2, -0.15) is 0 Å². The maximum absolute atomic E-state index is 10.8. The summed E-state index contributed by atoms with van der Waals surface area (Å²) in [7, 11) is 3.50. The second-order valence-electron chi connectivity index (χ2n) is 3.05. The second kappa shape index (κ2) is 4.26. The van der Waals surface area contributed by atoms with E-state index in [9.17, 15) is 9.59 Å². The molecule has 0 saturated carbocycles. The van der Waals surface area contributed by atoms with Crippen LogP contribution in [-0.4, -0.2) is 36.1 Å². The van der Waals surface area contributed by atoms with Crippen molar-refractivity contribution in [2.45, 2.75) is 6.92 Å². The molecule has 0 saturated heterocycles. The Labute approximate surface area is 90.5 Å². The first-order valence-electron chi connectivity index (χ1n) is 4.11. The number of anilines is 2. The molecule has 6 nitrogen and oxygen atoms in total. The number of amides is 1. The van der Waals surface area contributed by atoms with E-state index in [1.54, 1.807) is 19.0 Å². The summed E-state index contributed by atoms with van der Waals surface area (Å²) in [4.78, 5) is 27.4. The van der Waals surface area contributed by atoms with Crippen molar-refractivity contribution in [2.24, 2.45) is 0 Å². The molecule has 0 aliphatic heterocycles.